The fourth-order valence-electron chi connectivity index (χ4n) is 4.06. The zero-order chi connectivity index (χ0) is 24.2. The fourth-order valence-corrected chi connectivity index (χ4v) is 4.06. The number of carbonyl (C=O) groups excluding carboxylic acids is 1. The number of nitrogens with zero attached hydrogens (tertiary/aromatic N) is 1. The molecule has 174 valence electrons. The molecule has 3 aromatic carbocycles. The van der Waals surface area contributed by atoms with Gasteiger partial charge in [-0.1, -0.05) is 48.5 Å². The normalized spacial score (nSPS) is 12.0. The minimum Gasteiger partial charge on any atom is -0.497 e. The molecule has 6 heteroatoms. The number of hydrogen-bond donors (Lipinski definition) is 1. The van der Waals surface area contributed by atoms with Crippen LogP contribution >= 0.6 is 0 Å². The van der Waals surface area contributed by atoms with Crippen LogP contribution in [0, 0.1) is 6.92 Å². The highest BCUT2D eigenvalue weighted by Gasteiger charge is 2.20. The molecule has 0 aliphatic rings. The fraction of sp³-hybridized carbons (Fsp3) is 0.214. The second-order valence-corrected chi connectivity index (χ2v) is 8.40. The molecule has 0 aliphatic carbocycles. The predicted molar refractivity (Wildman–Crippen MR) is 134 cm³/mol. The van der Waals surface area contributed by atoms with Crippen LogP contribution < -0.4 is 15.5 Å². The van der Waals surface area contributed by atoms with E-state index < -0.39 is 0 Å². The van der Waals surface area contributed by atoms with E-state index in [0.29, 0.717) is 34.4 Å². The van der Waals surface area contributed by atoms with Gasteiger partial charge >= 0.3 is 0 Å². The third kappa shape index (κ3) is 4.58. The molecule has 0 bridgehead atoms. The first-order chi connectivity index (χ1) is 16.4. The highest BCUT2D eigenvalue weighted by molar-refractivity contribution is 6.05. The molecular weight excluding hydrogens is 428 g/mol. The van der Waals surface area contributed by atoms with Gasteiger partial charge in [-0.25, -0.2) is 0 Å². The summed E-state index contributed by atoms with van der Waals surface area (Å²) in [6, 6.07) is 22.3. The summed E-state index contributed by atoms with van der Waals surface area (Å²) in [5.41, 5.74) is 2.85. The Morgan fingerprint density at radius 1 is 1.00 bits per heavy atom. The van der Waals surface area contributed by atoms with E-state index in [1.807, 2.05) is 73.6 Å². The molecule has 0 fully saturated rings. The molecule has 0 unspecified atom stereocenters. The Hall–Kier alpha value is -3.90. The maximum absolute atomic E-state index is 13.2. The monoisotopic (exact) mass is 456 g/mol. The van der Waals surface area contributed by atoms with E-state index in [2.05, 4.69) is 5.32 Å². The summed E-state index contributed by atoms with van der Waals surface area (Å²) in [5, 5.41) is 3.41. The van der Waals surface area contributed by atoms with Crippen molar-refractivity contribution in [2.24, 2.45) is 0 Å². The maximum Gasteiger partial charge on any atom is 0.255 e. The molecule has 1 aromatic heterocycles. The van der Waals surface area contributed by atoms with Crippen molar-refractivity contribution in [3.63, 3.8) is 0 Å². The summed E-state index contributed by atoms with van der Waals surface area (Å²) < 4.78 is 11.4. The first-order valence-corrected chi connectivity index (χ1v) is 11.1. The zero-order valence-corrected chi connectivity index (χ0v) is 19.8. The van der Waals surface area contributed by atoms with Gasteiger partial charge in [-0.3, -0.25) is 9.59 Å². The predicted octanol–water partition coefficient (Wildman–Crippen LogP) is 4.81. The minimum absolute atomic E-state index is 0.0426. The molecule has 0 spiro atoms. The number of likely N-dealkylation sites (N-methyl/N-ethyl adjacent to an activating group) is 1. The molecule has 4 aromatic rings. The number of ether oxygens (including phenoxy) is 1. The van der Waals surface area contributed by atoms with Gasteiger partial charge in [0.05, 0.1) is 24.1 Å². The number of para-hydroxylation sites is 1. The highest BCUT2D eigenvalue weighted by Crippen LogP contribution is 2.27. The Labute approximate surface area is 198 Å². The average Bonchev–Trinajstić information content (AvgIpc) is 2.86. The van der Waals surface area contributed by atoms with Crippen LogP contribution in [0.4, 0.5) is 0 Å². The van der Waals surface area contributed by atoms with Crippen molar-refractivity contribution in [1.82, 2.24) is 10.2 Å². The number of carbonyl (C=O) groups is 1. The lowest BCUT2D eigenvalue weighted by atomic mass is 10.0. The van der Waals surface area contributed by atoms with Crippen LogP contribution in [0.3, 0.4) is 0 Å². The second-order valence-electron chi connectivity index (χ2n) is 8.40. The maximum atomic E-state index is 13.2. The van der Waals surface area contributed by atoms with Crippen LogP contribution in [-0.2, 0) is 0 Å². The molecule has 1 heterocycles. The number of methoxy groups -OCH3 is 1. The second kappa shape index (κ2) is 9.93. The van der Waals surface area contributed by atoms with Crippen molar-refractivity contribution in [3.05, 3.63) is 99.7 Å². The standard InChI is InChI=1S/C28H28N2O4/c1-18-25(31)22-11-8-12-23(27(22)34-26(18)20-9-6-5-7-10-20)28(32)29-17-24(30(2)3)19-13-15-21(33-4)16-14-19/h5-16,24H,17H2,1-4H3,(H,29,32)/t24-/m1/s1. The van der Waals surface area contributed by atoms with Crippen LogP contribution in [-0.4, -0.2) is 38.6 Å². The van der Waals surface area contributed by atoms with E-state index in [1.165, 1.54) is 0 Å². The van der Waals surface area contributed by atoms with E-state index in [0.717, 1.165) is 16.9 Å². The molecule has 0 radical (unpaired) electrons. The largest absolute Gasteiger partial charge is 0.497 e. The molecular formula is C28H28N2O4. The molecule has 1 atom stereocenters. The van der Waals surface area contributed by atoms with Crippen molar-refractivity contribution in [1.29, 1.82) is 0 Å². The van der Waals surface area contributed by atoms with Gasteiger partial charge in [0, 0.05) is 17.7 Å². The van der Waals surface area contributed by atoms with Crippen molar-refractivity contribution < 1.29 is 13.9 Å². The van der Waals surface area contributed by atoms with Crippen molar-refractivity contribution in [2.45, 2.75) is 13.0 Å². The molecule has 34 heavy (non-hydrogen) atoms. The lowest BCUT2D eigenvalue weighted by Gasteiger charge is -2.25. The van der Waals surface area contributed by atoms with Crippen molar-refractivity contribution >= 4 is 16.9 Å². The third-order valence-corrected chi connectivity index (χ3v) is 6.01. The SMILES string of the molecule is COc1ccc([C@@H](CNC(=O)c2cccc3c(=O)c(C)c(-c4ccccc4)oc23)N(C)C)cc1. The lowest BCUT2D eigenvalue weighted by molar-refractivity contribution is 0.0942. The first kappa shape index (κ1) is 23.3. The molecule has 4 rings (SSSR count). The Morgan fingerprint density at radius 3 is 2.35 bits per heavy atom. The molecule has 6 nitrogen and oxygen atoms in total. The lowest BCUT2D eigenvalue weighted by Crippen LogP contribution is -2.34. The van der Waals surface area contributed by atoms with Crippen molar-refractivity contribution in [2.75, 3.05) is 27.7 Å². The molecule has 0 saturated carbocycles. The van der Waals surface area contributed by atoms with Gasteiger partial charge in [0.25, 0.3) is 5.91 Å². The number of fused-ring (bicyclic) bond motifs is 1. The Balaban J connectivity index is 1.66. The van der Waals surface area contributed by atoms with Gasteiger partial charge in [0.15, 0.2) is 11.0 Å². The van der Waals surface area contributed by atoms with E-state index in [1.54, 1.807) is 32.2 Å². The quantitative estimate of drug-likeness (QED) is 0.432. The Kier molecular flexibility index (Phi) is 6.80. The zero-order valence-electron chi connectivity index (χ0n) is 19.8. The minimum atomic E-state index is -0.294. The van der Waals surface area contributed by atoms with Crippen LogP contribution in [0.1, 0.15) is 27.5 Å². The van der Waals surface area contributed by atoms with Gasteiger partial charge in [-0.15, -0.1) is 0 Å². The molecule has 0 aliphatic heterocycles. The van der Waals surface area contributed by atoms with Crippen LogP contribution in [0.15, 0.2) is 82.0 Å². The van der Waals surface area contributed by atoms with E-state index in [-0.39, 0.29) is 17.4 Å². The average molecular weight is 457 g/mol. The summed E-state index contributed by atoms with van der Waals surface area (Å²) in [5.74, 6) is 0.959. The van der Waals surface area contributed by atoms with Gasteiger partial charge < -0.3 is 19.4 Å². The summed E-state index contributed by atoms with van der Waals surface area (Å²) in [6.45, 7) is 2.13. The summed E-state index contributed by atoms with van der Waals surface area (Å²) in [4.78, 5) is 28.4. The summed E-state index contributed by atoms with van der Waals surface area (Å²) >= 11 is 0. The van der Waals surface area contributed by atoms with Crippen LogP contribution in [0.5, 0.6) is 5.75 Å². The Morgan fingerprint density at radius 2 is 1.71 bits per heavy atom. The third-order valence-electron chi connectivity index (χ3n) is 6.01. The van der Waals surface area contributed by atoms with Gasteiger partial charge in [0.1, 0.15) is 11.5 Å². The smallest absolute Gasteiger partial charge is 0.255 e. The van der Waals surface area contributed by atoms with Crippen LogP contribution in [0.25, 0.3) is 22.3 Å². The number of rotatable bonds is 7. The summed E-state index contributed by atoms with van der Waals surface area (Å²) in [7, 11) is 5.56. The highest BCUT2D eigenvalue weighted by atomic mass is 16.5. The molecule has 1 N–H and O–H groups in total. The number of nitrogens with one attached hydrogen (secondary N) is 1. The van der Waals surface area contributed by atoms with Crippen molar-refractivity contribution in [3.8, 4) is 17.1 Å². The van der Waals surface area contributed by atoms with Gasteiger partial charge in [-0.2, -0.15) is 0 Å². The van der Waals surface area contributed by atoms with Gasteiger partial charge in [0.2, 0.25) is 0 Å². The first-order valence-electron chi connectivity index (χ1n) is 11.1. The number of benzene rings is 3. The number of amides is 1. The van der Waals surface area contributed by atoms with Crippen LogP contribution in [0.2, 0.25) is 0 Å². The van der Waals surface area contributed by atoms with E-state index >= 15 is 0 Å². The van der Waals surface area contributed by atoms with Gasteiger partial charge in [-0.05, 0) is 50.8 Å². The topological polar surface area (TPSA) is 71.8 Å². The molecule has 1 amide bonds. The summed E-state index contributed by atoms with van der Waals surface area (Å²) in [6.07, 6.45) is 0. The Bertz CT molecular complexity index is 1360. The van der Waals surface area contributed by atoms with E-state index in [9.17, 15) is 9.59 Å². The van der Waals surface area contributed by atoms with E-state index in [4.69, 9.17) is 9.15 Å². The molecule has 0 saturated heterocycles. The number of hydrogen-bond acceptors (Lipinski definition) is 5.